The summed E-state index contributed by atoms with van der Waals surface area (Å²) in [5.41, 5.74) is 0. The van der Waals surface area contributed by atoms with E-state index >= 15 is 0 Å². The van der Waals surface area contributed by atoms with Crippen LogP contribution in [0.2, 0.25) is 0 Å². The molecule has 2 heterocycles. The lowest BCUT2D eigenvalue weighted by Gasteiger charge is -2.40. The zero-order valence-electron chi connectivity index (χ0n) is 13.6. The van der Waals surface area contributed by atoms with Crippen molar-refractivity contribution in [1.82, 2.24) is 9.80 Å². The van der Waals surface area contributed by atoms with Gasteiger partial charge in [-0.15, -0.1) is 0 Å². The number of piperidine rings is 2. The van der Waals surface area contributed by atoms with E-state index in [-0.39, 0.29) is 5.92 Å². The second kappa shape index (κ2) is 7.44. The van der Waals surface area contributed by atoms with Crippen LogP contribution in [0, 0.1) is 17.8 Å². The van der Waals surface area contributed by atoms with Gasteiger partial charge in [0.15, 0.2) is 0 Å². The maximum absolute atomic E-state index is 12.0. The van der Waals surface area contributed by atoms with Gasteiger partial charge in [0.1, 0.15) is 0 Å². The van der Waals surface area contributed by atoms with Crippen LogP contribution in [0.5, 0.6) is 0 Å². The van der Waals surface area contributed by atoms with Crippen molar-refractivity contribution >= 4 is 5.91 Å². The van der Waals surface area contributed by atoms with Gasteiger partial charge in [-0.1, -0.05) is 20.8 Å². The van der Waals surface area contributed by atoms with E-state index in [0.29, 0.717) is 5.91 Å². The molecule has 0 radical (unpaired) electrons. The molecule has 2 aliphatic rings. The molecule has 0 aliphatic carbocycles. The Morgan fingerprint density at radius 1 is 1.00 bits per heavy atom. The van der Waals surface area contributed by atoms with E-state index in [1.165, 1.54) is 51.7 Å². The standard InChI is InChI=1S/C17H32N2O/c1-4-9-18-10-5-15(6-11-18)16-7-12-19(13-8-16)17(20)14(2)3/h14-16H,4-13H2,1-3H3. The van der Waals surface area contributed by atoms with Crippen molar-refractivity contribution in [2.75, 3.05) is 32.7 Å². The maximum Gasteiger partial charge on any atom is 0.225 e. The average molecular weight is 280 g/mol. The van der Waals surface area contributed by atoms with E-state index in [4.69, 9.17) is 0 Å². The zero-order chi connectivity index (χ0) is 14.5. The Kier molecular flexibility index (Phi) is 5.88. The van der Waals surface area contributed by atoms with Gasteiger partial charge in [0.05, 0.1) is 0 Å². The Labute approximate surface area is 124 Å². The minimum Gasteiger partial charge on any atom is -0.342 e. The normalized spacial score (nSPS) is 23.5. The van der Waals surface area contributed by atoms with Gasteiger partial charge in [-0.2, -0.15) is 0 Å². The number of carbonyl (C=O) groups excluding carboxylic acids is 1. The third-order valence-electron chi connectivity index (χ3n) is 5.18. The molecular formula is C17H32N2O. The quantitative estimate of drug-likeness (QED) is 0.790. The van der Waals surface area contributed by atoms with Crippen molar-refractivity contribution < 1.29 is 4.79 Å². The molecule has 0 N–H and O–H groups in total. The lowest BCUT2D eigenvalue weighted by atomic mass is 9.78. The van der Waals surface area contributed by atoms with Gasteiger partial charge in [0, 0.05) is 19.0 Å². The first kappa shape index (κ1) is 15.8. The monoisotopic (exact) mass is 280 g/mol. The van der Waals surface area contributed by atoms with Gasteiger partial charge in [0.25, 0.3) is 0 Å². The molecule has 2 fully saturated rings. The first-order valence-electron chi connectivity index (χ1n) is 8.63. The summed E-state index contributed by atoms with van der Waals surface area (Å²) in [6, 6.07) is 0. The molecule has 3 heteroatoms. The highest BCUT2D eigenvalue weighted by molar-refractivity contribution is 5.78. The topological polar surface area (TPSA) is 23.6 Å². The molecular weight excluding hydrogens is 248 g/mol. The van der Waals surface area contributed by atoms with Crippen LogP contribution in [0.25, 0.3) is 0 Å². The summed E-state index contributed by atoms with van der Waals surface area (Å²) in [6.07, 6.45) is 6.50. The number of amides is 1. The fraction of sp³-hybridized carbons (Fsp3) is 0.941. The highest BCUT2D eigenvalue weighted by atomic mass is 16.2. The summed E-state index contributed by atoms with van der Waals surface area (Å²) < 4.78 is 0. The molecule has 0 bridgehead atoms. The summed E-state index contributed by atoms with van der Waals surface area (Å²) in [6.45, 7) is 12.2. The molecule has 0 aromatic carbocycles. The number of likely N-dealkylation sites (tertiary alicyclic amines) is 2. The summed E-state index contributed by atoms with van der Waals surface area (Å²) in [7, 11) is 0. The third-order valence-corrected chi connectivity index (χ3v) is 5.18. The minimum absolute atomic E-state index is 0.156. The minimum atomic E-state index is 0.156. The zero-order valence-corrected chi connectivity index (χ0v) is 13.6. The highest BCUT2D eigenvalue weighted by Gasteiger charge is 2.31. The largest absolute Gasteiger partial charge is 0.342 e. The van der Waals surface area contributed by atoms with Crippen molar-refractivity contribution in [1.29, 1.82) is 0 Å². The van der Waals surface area contributed by atoms with Gasteiger partial charge >= 0.3 is 0 Å². The van der Waals surface area contributed by atoms with Crippen LogP contribution in [-0.4, -0.2) is 48.4 Å². The van der Waals surface area contributed by atoms with Gasteiger partial charge in [0.2, 0.25) is 5.91 Å². The summed E-state index contributed by atoms with van der Waals surface area (Å²) >= 11 is 0. The van der Waals surface area contributed by atoms with Crippen LogP contribution >= 0.6 is 0 Å². The van der Waals surface area contributed by atoms with Crippen LogP contribution in [0.1, 0.15) is 52.9 Å². The predicted octanol–water partition coefficient (Wildman–Crippen LogP) is 3.00. The molecule has 20 heavy (non-hydrogen) atoms. The van der Waals surface area contributed by atoms with E-state index in [2.05, 4.69) is 16.7 Å². The van der Waals surface area contributed by atoms with Crippen molar-refractivity contribution in [3.63, 3.8) is 0 Å². The van der Waals surface area contributed by atoms with Crippen LogP contribution in [-0.2, 0) is 4.79 Å². The highest BCUT2D eigenvalue weighted by Crippen LogP contribution is 2.32. The lowest BCUT2D eigenvalue weighted by molar-refractivity contribution is -0.136. The van der Waals surface area contributed by atoms with E-state index in [1.54, 1.807) is 0 Å². The van der Waals surface area contributed by atoms with Crippen molar-refractivity contribution in [2.24, 2.45) is 17.8 Å². The molecule has 2 rings (SSSR count). The molecule has 0 spiro atoms. The molecule has 3 nitrogen and oxygen atoms in total. The fourth-order valence-corrected chi connectivity index (χ4v) is 3.92. The average Bonchev–Trinajstić information content (AvgIpc) is 2.48. The molecule has 0 aromatic rings. The Morgan fingerprint density at radius 3 is 1.95 bits per heavy atom. The second-order valence-electron chi connectivity index (χ2n) is 7.00. The van der Waals surface area contributed by atoms with Crippen LogP contribution < -0.4 is 0 Å². The van der Waals surface area contributed by atoms with Crippen molar-refractivity contribution in [3.05, 3.63) is 0 Å². The Bertz CT molecular complexity index is 300. The molecule has 0 atom stereocenters. The second-order valence-corrected chi connectivity index (χ2v) is 7.00. The van der Waals surface area contributed by atoms with Crippen LogP contribution in [0.3, 0.4) is 0 Å². The smallest absolute Gasteiger partial charge is 0.225 e. The number of rotatable bonds is 4. The van der Waals surface area contributed by atoms with E-state index < -0.39 is 0 Å². The van der Waals surface area contributed by atoms with Gasteiger partial charge in [-0.05, 0) is 63.6 Å². The Hall–Kier alpha value is -0.570. The molecule has 0 saturated carbocycles. The molecule has 1 amide bonds. The van der Waals surface area contributed by atoms with E-state index in [9.17, 15) is 4.79 Å². The molecule has 0 unspecified atom stereocenters. The third kappa shape index (κ3) is 3.97. The van der Waals surface area contributed by atoms with Crippen molar-refractivity contribution in [3.8, 4) is 0 Å². The molecule has 116 valence electrons. The first-order valence-corrected chi connectivity index (χ1v) is 8.63. The number of hydrogen-bond donors (Lipinski definition) is 0. The summed E-state index contributed by atoms with van der Waals surface area (Å²) in [5.74, 6) is 2.29. The molecule has 0 aromatic heterocycles. The summed E-state index contributed by atoms with van der Waals surface area (Å²) in [5, 5.41) is 0. The van der Waals surface area contributed by atoms with Gasteiger partial charge in [-0.3, -0.25) is 4.79 Å². The first-order chi connectivity index (χ1) is 9.61. The number of carbonyl (C=O) groups is 1. The lowest BCUT2D eigenvalue weighted by Crippen LogP contribution is -2.44. The van der Waals surface area contributed by atoms with Crippen molar-refractivity contribution in [2.45, 2.75) is 52.9 Å². The summed E-state index contributed by atoms with van der Waals surface area (Å²) in [4.78, 5) is 16.7. The fourth-order valence-electron chi connectivity index (χ4n) is 3.92. The van der Waals surface area contributed by atoms with Gasteiger partial charge < -0.3 is 9.80 Å². The maximum atomic E-state index is 12.0. The number of hydrogen-bond acceptors (Lipinski definition) is 2. The molecule has 2 saturated heterocycles. The molecule has 2 aliphatic heterocycles. The van der Waals surface area contributed by atoms with Gasteiger partial charge in [-0.25, -0.2) is 0 Å². The number of nitrogens with zero attached hydrogens (tertiary/aromatic N) is 2. The van der Waals surface area contributed by atoms with Crippen LogP contribution in [0.15, 0.2) is 0 Å². The SMILES string of the molecule is CCCN1CCC(C2CCN(C(=O)C(C)C)CC2)CC1. The van der Waals surface area contributed by atoms with E-state index in [1.807, 2.05) is 13.8 Å². The Morgan fingerprint density at radius 2 is 1.50 bits per heavy atom. The van der Waals surface area contributed by atoms with E-state index in [0.717, 1.165) is 24.9 Å². The Balaban J connectivity index is 1.73. The predicted molar refractivity (Wildman–Crippen MR) is 83.6 cm³/mol. The van der Waals surface area contributed by atoms with Crippen LogP contribution in [0.4, 0.5) is 0 Å².